The van der Waals surface area contributed by atoms with E-state index in [1.807, 2.05) is 0 Å². The van der Waals surface area contributed by atoms with Crippen molar-refractivity contribution in [2.45, 2.75) is 19.2 Å². The lowest BCUT2D eigenvalue weighted by Gasteiger charge is -2.15. The van der Waals surface area contributed by atoms with E-state index in [9.17, 15) is 18.0 Å². The van der Waals surface area contributed by atoms with Crippen LogP contribution in [0.3, 0.4) is 0 Å². The van der Waals surface area contributed by atoms with E-state index in [2.05, 4.69) is 10.6 Å². The van der Waals surface area contributed by atoms with Crippen LogP contribution in [0.4, 0.5) is 18.9 Å². The first-order valence-corrected chi connectivity index (χ1v) is 6.09. The van der Waals surface area contributed by atoms with Crippen LogP contribution in [0.5, 0.6) is 0 Å². The van der Waals surface area contributed by atoms with Gasteiger partial charge in [-0.1, -0.05) is 17.7 Å². The van der Waals surface area contributed by atoms with Crippen LogP contribution >= 0.6 is 11.6 Å². The Labute approximate surface area is 118 Å². The second-order valence-corrected chi connectivity index (χ2v) is 4.63. The number of anilines is 1. The Kier molecular flexibility index (Phi) is 5.79. The molecule has 0 aliphatic rings. The molecule has 0 radical (unpaired) electrons. The van der Waals surface area contributed by atoms with Crippen LogP contribution < -0.4 is 10.6 Å². The van der Waals surface area contributed by atoms with Gasteiger partial charge in [0.15, 0.2) is 6.10 Å². The van der Waals surface area contributed by atoms with Gasteiger partial charge >= 0.3 is 6.18 Å². The lowest BCUT2D eigenvalue weighted by atomic mass is 10.2. The van der Waals surface area contributed by atoms with E-state index >= 15 is 0 Å². The largest absolute Gasteiger partial charge is 0.415 e. The number of aliphatic hydroxyl groups excluding tert-OH is 1. The highest BCUT2D eigenvalue weighted by Gasteiger charge is 2.37. The van der Waals surface area contributed by atoms with Crippen LogP contribution in [-0.2, 0) is 4.79 Å². The predicted molar refractivity (Wildman–Crippen MR) is 69.8 cm³/mol. The SMILES string of the molecule is Cc1ccc(Cl)cc1NC(=O)CNCC(O)C(F)(F)F. The first kappa shape index (κ1) is 16.7. The summed E-state index contributed by atoms with van der Waals surface area (Å²) < 4.78 is 36.0. The average molecular weight is 311 g/mol. The molecule has 8 heteroatoms. The minimum atomic E-state index is -4.70. The summed E-state index contributed by atoms with van der Waals surface area (Å²) in [5, 5.41) is 13.9. The lowest BCUT2D eigenvalue weighted by Crippen LogP contribution is -2.41. The Hall–Kier alpha value is -1.31. The zero-order valence-corrected chi connectivity index (χ0v) is 11.3. The maximum absolute atomic E-state index is 12.0. The molecular weight excluding hydrogens is 297 g/mol. The normalized spacial score (nSPS) is 13.1. The first-order valence-electron chi connectivity index (χ1n) is 5.71. The average Bonchev–Trinajstić information content (AvgIpc) is 2.32. The zero-order valence-electron chi connectivity index (χ0n) is 10.6. The van der Waals surface area contributed by atoms with E-state index in [4.69, 9.17) is 16.7 Å². The highest BCUT2D eigenvalue weighted by Crippen LogP contribution is 2.20. The Morgan fingerprint density at radius 3 is 2.70 bits per heavy atom. The van der Waals surface area contributed by atoms with Gasteiger partial charge in [0.1, 0.15) is 0 Å². The van der Waals surface area contributed by atoms with Gasteiger partial charge in [-0.25, -0.2) is 0 Å². The number of carbonyl (C=O) groups excluding carboxylic acids is 1. The molecule has 1 unspecified atom stereocenters. The molecule has 112 valence electrons. The molecule has 0 bridgehead atoms. The van der Waals surface area contributed by atoms with Crippen LogP contribution in [0, 0.1) is 6.92 Å². The van der Waals surface area contributed by atoms with Gasteiger partial charge in [-0.3, -0.25) is 4.79 Å². The molecule has 1 aromatic carbocycles. The second kappa shape index (κ2) is 6.92. The van der Waals surface area contributed by atoms with Gasteiger partial charge in [-0.15, -0.1) is 0 Å². The van der Waals surface area contributed by atoms with E-state index in [1.165, 1.54) is 0 Å². The molecule has 0 aromatic heterocycles. The topological polar surface area (TPSA) is 61.4 Å². The van der Waals surface area contributed by atoms with Crippen LogP contribution in [0.25, 0.3) is 0 Å². The summed E-state index contributed by atoms with van der Waals surface area (Å²) in [7, 11) is 0. The molecular formula is C12H14ClF3N2O2. The molecule has 0 heterocycles. The predicted octanol–water partition coefficient (Wildman–Crippen LogP) is 2.10. The van der Waals surface area contributed by atoms with Crippen LogP contribution in [0.15, 0.2) is 18.2 Å². The Bertz CT molecular complexity index is 480. The Morgan fingerprint density at radius 2 is 2.10 bits per heavy atom. The fourth-order valence-corrected chi connectivity index (χ4v) is 1.53. The molecule has 1 amide bonds. The van der Waals surface area contributed by atoms with Gasteiger partial charge in [0.05, 0.1) is 6.54 Å². The van der Waals surface area contributed by atoms with Crippen LogP contribution in [-0.4, -0.2) is 36.4 Å². The molecule has 0 spiro atoms. The molecule has 0 saturated carbocycles. The number of aliphatic hydroxyl groups is 1. The molecule has 0 aliphatic carbocycles. The minimum Gasteiger partial charge on any atom is -0.382 e. The van der Waals surface area contributed by atoms with Crippen molar-refractivity contribution < 1.29 is 23.1 Å². The smallest absolute Gasteiger partial charge is 0.382 e. The number of nitrogens with one attached hydrogen (secondary N) is 2. The Morgan fingerprint density at radius 1 is 1.45 bits per heavy atom. The number of halogens is 4. The van der Waals surface area contributed by atoms with Crippen molar-refractivity contribution in [1.29, 1.82) is 0 Å². The summed E-state index contributed by atoms with van der Waals surface area (Å²) in [4.78, 5) is 11.5. The fourth-order valence-electron chi connectivity index (χ4n) is 1.36. The summed E-state index contributed by atoms with van der Waals surface area (Å²) >= 11 is 5.77. The van der Waals surface area contributed by atoms with E-state index in [0.717, 1.165) is 5.56 Å². The summed E-state index contributed by atoms with van der Waals surface area (Å²) in [5.74, 6) is -0.523. The van der Waals surface area contributed by atoms with Crippen LogP contribution in [0.2, 0.25) is 5.02 Å². The Balaban J connectivity index is 2.43. The number of benzene rings is 1. The number of carbonyl (C=O) groups is 1. The minimum absolute atomic E-state index is 0.348. The number of alkyl halides is 3. The molecule has 0 fully saturated rings. The van der Waals surface area contributed by atoms with E-state index in [1.54, 1.807) is 25.1 Å². The molecule has 1 atom stereocenters. The summed E-state index contributed by atoms with van der Waals surface area (Å²) in [6, 6.07) is 4.91. The molecule has 0 saturated heterocycles. The molecule has 3 N–H and O–H groups in total. The number of amides is 1. The molecule has 1 rings (SSSR count). The highest BCUT2D eigenvalue weighted by molar-refractivity contribution is 6.31. The fraction of sp³-hybridized carbons (Fsp3) is 0.417. The lowest BCUT2D eigenvalue weighted by molar-refractivity contribution is -0.201. The van der Waals surface area contributed by atoms with Gasteiger partial charge in [-0.2, -0.15) is 13.2 Å². The standard InChI is InChI=1S/C12H14ClF3N2O2/c1-7-2-3-8(13)4-9(7)18-11(20)6-17-5-10(19)12(14,15)16/h2-4,10,17,19H,5-6H2,1H3,(H,18,20). The molecule has 20 heavy (non-hydrogen) atoms. The molecule has 0 aliphatic heterocycles. The quantitative estimate of drug-likeness (QED) is 0.780. The number of aryl methyl sites for hydroxylation is 1. The third-order valence-electron chi connectivity index (χ3n) is 2.47. The second-order valence-electron chi connectivity index (χ2n) is 4.20. The van der Waals surface area contributed by atoms with E-state index in [0.29, 0.717) is 10.7 Å². The van der Waals surface area contributed by atoms with E-state index in [-0.39, 0.29) is 6.54 Å². The van der Waals surface area contributed by atoms with Crippen molar-refractivity contribution in [2.75, 3.05) is 18.4 Å². The first-order chi connectivity index (χ1) is 9.20. The molecule has 4 nitrogen and oxygen atoms in total. The van der Waals surface area contributed by atoms with Gasteiger partial charge in [-0.05, 0) is 24.6 Å². The number of rotatable bonds is 5. The summed E-state index contributed by atoms with van der Waals surface area (Å²) in [5.41, 5.74) is 1.26. The zero-order chi connectivity index (χ0) is 15.3. The number of hydrogen-bond acceptors (Lipinski definition) is 3. The third-order valence-corrected chi connectivity index (χ3v) is 2.71. The summed E-state index contributed by atoms with van der Waals surface area (Å²) in [6.07, 6.45) is -7.20. The van der Waals surface area contributed by atoms with Crippen molar-refractivity contribution in [2.24, 2.45) is 0 Å². The van der Waals surface area contributed by atoms with Crippen molar-refractivity contribution in [3.05, 3.63) is 28.8 Å². The van der Waals surface area contributed by atoms with E-state index < -0.39 is 24.7 Å². The molecule has 1 aromatic rings. The maximum atomic E-state index is 12.0. The monoisotopic (exact) mass is 310 g/mol. The highest BCUT2D eigenvalue weighted by atomic mass is 35.5. The summed E-state index contributed by atoms with van der Waals surface area (Å²) in [6.45, 7) is 0.664. The van der Waals surface area contributed by atoms with Gasteiger partial charge < -0.3 is 15.7 Å². The number of hydrogen-bond donors (Lipinski definition) is 3. The maximum Gasteiger partial charge on any atom is 0.415 e. The van der Waals surface area contributed by atoms with Gasteiger partial charge in [0, 0.05) is 17.3 Å². The van der Waals surface area contributed by atoms with Gasteiger partial charge in [0.25, 0.3) is 0 Å². The van der Waals surface area contributed by atoms with Crippen molar-refractivity contribution in [1.82, 2.24) is 5.32 Å². The van der Waals surface area contributed by atoms with Gasteiger partial charge in [0.2, 0.25) is 5.91 Å². The van der Waals surface area contributed by atoms with Crippen LogP contribution in [0.1, 0.15) is 5.56 Å². The van der Waals surface area contributed by atoms with Crippen molar-refractivity contribution >= 4 is 23.2 Å². The third kappa shape index (κ3) is 5.36. The van der Waals surface area contributed by atoms with Crippen molar-refractivity contribution in [3.63, 3.8) is 0 Å². The van der Waals surface area contributed by atoms with Crippen molar-refractivity contribution in [3.8, 4) is 0 Å².